The van der Waals surface area contributed by atoms with Crippen molar-refractivity contribution < 1.29 is 0 Å². The van der Waals surface area contributed by atoms with E-state index in [-0.39, 0.29) is 6.04 Å². The normalized spacial score (nSPS) is 20.8. The first kappa shape index (κ1) is 7.62. The van der Waals surface area contributed by atoms with Gasteiger partial charge < -0.3 is 5.32 Å². The summed E-state index contributed by atoms with van der Waals surface area (Å²) in [4.78, 5) is 4.19. The first-order chi connectivity index (χ1) is 5.77. The van der Waals surface area contributed by atoms with Crippen LogP contribution in [-0.2, 0) is 0 Å². The lowest BCUT2D eigenvalue weighted by Crippen LogP contribution is -2.13. The summed E-state index contributed by atoms with van der Waals surface area (Å²) >= 11 is 5.78. The maximum absolute atomic E-state index is 5.78. The largest absolute Gasteiger partial charge is 0.330 e. The summed E-state index contributed by atoms with van der Waals surface area (Å²) in [6, 6.07) is 8.21. The van der Waals surface area contributed by atoms with Gasteiger partial charge in [-0.25, -0.2) is 4.99 Å². The van der Waals surface area contributed by atoms with Crippen LogP contribution in [0.1, 0.15) is 18.5 Å². The number of halogens is 1. The molecule has 0 spiro atoms. The second kappa shape index (κ2) is 2.79. The number of anilines is 1. The molecule has 1 heterocycles. The number of nitrogens with one attached hydrogen (secondary N) is 1. The molecule has 62 valence electrons. The van der Waals surface area contributed by atoms with Crippen molar-refractivity contribution in [3.8, 4) is 0 Å². The Morgan fingerprint density at radius 2 is 2.17 bits per heavy atom. The van der Waals surface area contributed by atoms with E-state index in [0.29, 0.717) is 5.29 Å². The van der Waals surface area contributed by atoms with Crippen molar-refractivity contribution >= 4 is 22.6 Å². The highest BCUT2D eigenvalue weighted by Gasteiger charge is 2.14. The van der Waals surface area contributed by atoms with E-state index in [9.17, 15) is 0 Å². The molecule has 0 saturated heterocycles. The molecule has 0 bridgehead atoms. The maximum Gasteiger partial charge on any atom is 0.196 e. The average molecular weight is 181 g/mol. The standard InChI is InChI=1S/C9H9ClN2/c1-6-7-4-2-3-5-8(7)12-9(10)11-6/h2-6H,1H3,(H,11,12). The van der Waals surface area contributed by atoms with Gasteiger partial charge >= 0.3 is 0 Å². The van der Waals surface area contributed by atoms with Gasteiger partial charge in [-0.3, -0.25) is 0 Å². The second-order valence-electron chi connectivity index (χ2n) is 2.81. The Labute approximate surface area is 76.3 Å². The minimum absolute atomic E-state index is 0.162. The first-order valence-electron chi connectivity index (χ1n) is 3.86. The van der Waals surface area contributed by atoms with E-state index in [1.165, 1.54) is 5.56 Å². The molecule has 1 N–H and O–H groups in total. The van der Waals surface area contributed by atoms with E-state index in [0.717, 1.165) is 5.69 Å². The summed E-state index contributed by atoms with van der Waals surface area (Å²) < 4.78 is 0. The second-order valence-corrected chi connectivity index (χ2v) is 3.17. The van der Waals surface area contributed by atoms with Gasteiger partial charge in [0.15, 0.2) is 5.29 Å². The Hall–Kier alpha value is -1.02. The Morgan fingerprint density at radius 1 is 1.42 bits per heavy atom. The zero-order chi connectivity index (χ0) is 8.55. The number of hydrogen-bond donors (Lipinski definition) is 1. The van der Waals surface area contributed by atoms with Crippen LogP contribution < -0.4 is 5.32 Å². The van der Waals surface area contributed by atoms with Crippen LogP contribution in [0.15, 0.2) is 29.3 Å². The van der Waals surface area contributed by atoms with Crippen molar-refractivity contribution in [2.75, 3.05) is 5.32 Å². The third kappa shape index (κ3) is 1.18. The van der Waals surface area contributed by atoms with Crippen LogP contribution in [0.2, 0.25) is 0 Å². The Morgan fingerprint density at radius 3 is 3.00 bits per heavy atom. The molecular formula is C9H9ClN2. The van der Waals surface area contributed by atoms with Gasteiger partial charge in [0.1, 0.15) is 0 Å². The lowest BCUT2D eigenvalue weighted by atomic mass is 10.1. The zero-order valence-corrected chi connectivity index (χ0v) is 7.47. The molecule has 1 aliphatic heterocycles. The van der Waals surface area contributed by atoms with Crippen molar-refractivity contribution in [3.05, 3.63) is 29.8 Å². The van der Waals surface area contributed by atoms with Crippen LogP contribution in [0.5, 0.6) is 0 Å². The molecule has 2 rings (SSSR count). The number of hydrogen-bond acceptors (Lipinski definition) is 2. The van der Waals surface area contributed by atoms with E-state index in [1.807, 2.05) is 25.1 Å². The van der Waals surface area contributed by atoms with Crippen molar-refractivity contribution in [3.63, 3.8) is 0 Å². The number of benzene rings is 1. The van der Waals surface area contributed by atoms with Crippen LogP contribution in [0.25, 0.3) is 0 Å². The molecule has 2 nitrogen and oxygen atoms in total. The van der Waals surface area contributed by atoms with Crippen LogP contribution in [0.3, 0.4) is 0 Å². The maximum atomic E-state index is 5.78. The first-order valence-corrected chi connectivity index (χ1v) is 4.24. The molecule has 1 aromatic carbocycles. The number of nitrogens with zero attached hydrogens (tertiary/aromatic N) is 1. The highest BCUT2D eigenvalue weighted by Crippen LogP contribution is 2.29. The van der Waals surface area contributed by atoms with Crippen molar-refractivity contribution in [2.24, 2.45) is 4.99 Å². The van der Waals surface area contributed by atoms with Crippen LogP contribution >= 0.6 is 11.6 Å². The fourth-order valence-electron chi connectivity index (χ4n) is 1.36. The van der Waals surface area contributed by atoms with E-state index in [4.69, 9.17) is 11.6 Å². The van der Waals surface area contributed by atoms with Gasteiger partial charge in [0.05, 0.1) is 6.04 Å². The van der Waals surface area contributed by atoms with Crippen molar-refractivity contribution in [2.45, 2.75) is 13.0 Å². The quantitative estimate of drug-likeness (QED) is 0.610. The highest BCUT2D eigenvalue weighted by molar-refractivity contribution is 6.67. The fourth-order valence-corrected chi connectivity index (χ4v) is 1.61. The third-order valence-electron chi connectivity index (χ3n) is 1.96. The molecule has 1 aromatic rings. The topological polar surface area (TPSA) is 24.4 Å². The van der Waals surface area contributed by atoms with Gasteiger partial charge in [-0.15, -0.1) is 0 Å². The zero-order valence-electron chi connectivity index (χ0n) is 6.71. The minimum Gasteiger partial charge on any atom is -0.330 e. The smallest absolute Gasteiger partial charge is 0.196 e. The summed E-state index contributed by atoms with van der Waals surface area (Å²) in [5.74, 6) is 0. The molecule has 0 saturated carbocycles. The molecule has 0 radical (unpaired) electrons. The Balaban J connectivity index is 2.48. The van der Waals surface area contributed by atoms with Gasteiger partial charge in [-0.05, 0) is 30.2 Å². The average Bonchev–Trinajstić information content (AvgIpc) is 2.04. The van der Waals surface area contributed by atoms with E-state index >= 15 is 0 Å². The number of aliphatic imine (C=N–C) groups is 1. The Bertz CT molecular complexity index is 333. The van der Waals surface area contributed by atoms with Crippen molar-refractivity contribution in [1.82, 2.24) is 0 Å². The highest BCUT2D eigenvalue weighted by atomic mass is 35.5. The molecule has 3 heteroatoms. The molecule has 12 heavy (non-hydrogen) atoms. The molecule has 0 amide bonds. The summed E-state index contributed by atoms with van der Waals surface area (Å²) in [5.41, 5.74) is 2.26. The number of rotatable bonds is 0. The Kier molecular flexibility index (Phi) is 1.77. The lowest BCUT2D eigenvalue weighted by Gasteiger charge is -2.19. The molecule has 0 aromatic heterocycles. The monoisotopic (exact) mass is 180 g/mol. The summed E-state index contributed by atoms with van der Waals surface area (Å²) in [7, 11) is 0. The van der Waals surface area contributed by atoms with E-state index in [1.54, 1.807) is 0 Å². The van der Waals surface area contributed by atoms with Gasteiger partial charge in [0, 0.05) is 5.69 Å². The van der Waals surface area contributed by atoms with Crippen LogP contribution in [0.4, 0.5) is 5.69 Å². The number of para-hydroxylation sites is 1. The van der Waals surface area contributed by atoms with Crippen molar-refractivity contribution in [1.29, 1.82) is 0 Å². The third-order valence-corrected chi connectivity index (χ3v) is 2.15. The van der Waals surface area contributed by atoms with E-state index < -0.39 is 0 Å². The predicted molar refractivity (Wildman–Crippen MR) is 51.8 cm³/mol. The summed E-state index contributed by atoms with van der Waals surface area (Å²) in [6.45, 7) is 2.03. The van der Waals surface area contributed by atoms with Gasteiger partial charge in [-0.2, -0.15) is 0 Å². The minimum atomic E-state index is 0.162. The van der Waals surface area contributed by atoms with Gasteiger partial charge in [0.25, 0.3) is 0 Å². The summed E-state index contributed by atoms with van der Waals surface area (Å²) in [6.07, 6.45) is 0. The van der Waals surface area contributed by atoms with Gasteiger partial charge in [-0.1, -0.05) is 18.2 Å². The molecule has 1 atom stereocenters. The molecule has 0 fully saturated rings. The van der Waals surface area contributed by atoms with Gasteiger partial charge in [0.2, 0.25) is 0 Å². The van der Waals surface area contributed by atoms with Crippen LogP contribution in [0, 0.1) is 0 Å². The lowest BCUT2D eigenvalue weighted by molar-refractivity contribution is 0.816. The summed E-state index contributed by atoms with van der Waals surface area (Å²) in [5, 5.41) is 3.48. The predicted octanol–water partition coefficient (Wildman–Crippen LogP) is 2.77. The number of fused-ring (bicyclic) bond motifs is 1. The molecule has 0 aliphatic carbocycles. The number of amidine groups is 1. The molecule has 1 aliphatic rings. The molecule has 1 unspecified atom stereocenters. The molecular weight excluding hydrogens is 172 g/mol. The fraction of sp³-hybridized carbons (Fsp3) is 0.222. The van der Waals surface area contributed by atoms with E-state index in [2.05, 4.69) is 16.4 Å². The SMILES string of the molecule is CC1N=C(Cl)Nc2ccccc21. The van der Waals surface area contributed by atoms with Crippen LogP contribution in [-0.4, -0.2) is 5.29 Å².